The zero-order chi connectivity index (χ0) is 18.2. The molecule has 0 radical (unpaired) electrons. The molecular formula is C24H30OSi. The molecule has 0 spiro atoms. The van der Waals surface area contributed by atoms with Crippen LogP contribution in [0.4, 0.5) is 0 Å². The lowest BCUT2D eigenvalue weighted by Gasteiger charge is -2.44. The maximum atomic E-state index is 7.05. The van der Waals surface area contributed by atoms with Crippen LogP contribution in [0, 0.1) is 11.8 Å². The van der Waals surface area contributed by atoms with E-state index in [9.17, 15) is 0 Å². The van der Waals surface area contributed by atoms with E-state index in [0.29, 0.717) is 11.8 Å². The summed E-state index contributed by atoms with van der Waals surface area (Å²) >= 11 is 0. The van der Waals surface area contributed by atoms with Gasteiger partial charge in [0.15, 0.2) is 8.32 Å². The Morgan fingerprint density at radius 3 is 2.23 bits per heavy atom. The van der Waals surface area contributed by atoms with Gasteiger partial charge in [0.05, 0.1) is 5.60 Å². The van der Waals surface area contributed by atoms with E-state index in [0.717, 1.165) is 0 Å². The molecule has 1 saturated carbocycles. The van der Waals surface area contributed by atoms with Crippen molar-refractivity contribution in [3.63, 3.8) is 0 Å². The molecule has 0 N–H and O–H groups in total. The van der Waals surface area contributed by atoms with Crippen molar-refractivity contribution >= 4 is 8.32 Å². The van der Waals surface area contributed by atoms with Gasteiger partial charge in [0, 0.05) is 5.92 Å². The Labute approximate surface area is 159 Å². The molecule has 0 aromatic heterocycles. The number of benzene rings is 2. The molecule has 0 amide bonds. The number of hydrogen-bond donors (Lipinski definition) is 0. The standard InChI is InChI=1S/C24H30OSi/c1-26(2,3)25-24(21-11-7-8-12-22(24)18-17-21)23-15-13-20(14-16-23)19-9-5-4-6-10-19/h4-7,9-11,13-16,21-22H,8,12,17-18H2,1-3H3. The minimum absolute atomic E-state index is 0.118. The maximum absolute atomic E-state index is 7.05. The van der Waals surface area contributed by atoms with Crippen LogP contribution >= 0.6 is 0 Å². The Morgan fingerprint density at radius 2 is 1.54 bits per heavy atom. The van der Waals surface area contributed by atoms with Crippen LogP contribution in [0.25, 0.3) is 11.1 Å². The van der Waals surface area contributed by atoms with Crippen molar-refractivity contribution in [2.45, 2.75) is 50.9 Å². The lowest BCUT2D eigenvalue weighted by Crippen LogP contribution is -2.46. The summed E-state index contributed by atoms with van der Waals surface area (Å²) < 4.78 is 7.05. The van der Waals surface area contributed by atoms with Gasteiger partial charge in [-0.2, -0.15) is 0 Å². The fourth-order valence-corrected chi connectivity index (χ4v) is 6.45. The normalized spacial score (nSPS) is 28.1. The topological polar surface area (TPSA) is 9.23 Å². The fourth-order valence-electron chi connectivity index (χ4n) is 5.00. The molecule has 3 atom stereocenters. The molecule has 0 aliphatic heterocycles. The summed E-state index contributed by atoms with van der Waals surface area (Å²) in [6.45, 7) is 7.00. The van der Waals surface area contributed by atoms with Gasteiger partial charge >= 0.3 is 0 Å². The van der Waals surface area contributed by atoms with Gasteiger partial charge in [-0.3, -0.25) is 0 Å². The van der Waals surface area contributed by atoms with E-state index in [1.54, 1.807) is 0 Å². The Balaban J connectivity index is 1.77. The molecule has 4 rings (SSSR count). The highest BCUT2D eigenvalue weighted by Gasteiger charge is 2.53. The first kappa shape index (κ1) is 17.8. The van der Waals surface area contributed by atoms with Crippen LogP contribution in [0.15, 0.2) is 66.7 Å². The average Bonchev–Trinajstić information content (AvgIpc) is 2.83. The summed E-state index contributed by atoms with van der Waals surface area (Å²) in [7, 11) is -1.68. The van der Waals surface area contributed by atoms with Crippen LogP contribution in [-0.4, -0.2) is 8.32 Å². The molecule has 2 aromatic carbocycles. The van der Waals surface area contributed by atoms with Gasteiger partial charge < -0.3 is 4.43 Å². The molecule has 0 saturated heterocycles. The average molecular weight is 363 g/mol. The second-order valence-corrected chi connectivity index (χ2v) is 13.3. The van der Waals surface area contributed by atoms with Crippen molar-refractivity contribution in [3.05, 3.63) is 72.3 Å². The molecule has 2 bridgehead atoms. The summed E-state index contributed by atoms with van der Waals surface area (Å²) in [6.07, 6.45) is 9.84. The van der Waals surface area contributed by atoms with E-state index in [1.165, 1.54) is 42.4 Å². The highest BCUT2D eigenvalue weighted by molar-refractivity contribution is 6.69. The second-order valence-electron chi connectivity index (χ2n) is 8.84. The first-order chi connectivity index (χ1) is 12.5. The van der Waals surface area contributed by atoms with E-state index >= 15 is 0 Å². The van der Waals surface area contributed by atoms with Crippen LogP contribution in [0.2, 0.25) is 19.6 Å². The summed E-state index contributed by atoms with van der Waals surface area (Å²) in [5, 5.41) is 0. The maximum Gasteiger partial charge on any atom is 0.185 e. The van der Waals surface area contributed by atoms with Crippen LogP contribution in [0.5, 0.6) is 0 Å². The third-order valence-electron chi connectivity index (χ3n) is 5.95. The van der Waals surface area contributed by atoms with E-state index in [2.05, 4.69) is 86.4 Å². The van der Waals surface area contributed by atoms with Gasteiger partial charge in [0.2, 0.25) is 0 Å². The molecule has 2 aromatic rings. The third-order valence-corrected chi connectivity index (χ3v) is 6.90. The van der Waals surface area contributed by atoms with Gasteiger partial charge in [0.1, 0.15) is 0 Å². The fraction of sp³-hybridized carbons (Fsp3) is 0.417. The SMILES string of the molecule is C[Si](C)(C)OC1(c2ccc(-c3ccccc3)cc2)C2C=CCCC1CC2. The zero-order valence-corrected chi connectivity index (χ0v) is 17.2. The van der Waals surface area contributed by atoms with Gasteiger partial charge in [-0.05, 0) is 67.9 Å². The molecule has 2 aliphatic rings. The summed E-state index contributed by atoms with van der Waals surface area (Å²) in [4.78, 5) is 0. The summed E-state index contributed by atoms with van der Waals surface area (Å²) in [5.41, 5.74) is 3.84. The second kappa shape index (κ2) is 6.83. The minimum Gasteiger partial charge on any atom is -0.407 e. The largest absolute Gasteiger partial charge is 0.407 e. The Hall–Kier alpha value is -1.64. The van der Waals surface area contributed by atoms with Crippen molar-refractivity contribution < 1.29 is 4.43 Å². The molecule has 26 heavy (non-hydrogen) atoms. The van der Waals surface area contributed by atoms with Gasteiger partial charge in [0.25, 0.3) is 0 Å². The minimum atomic E-state index is -1.68. The van der Waals surface area contributed by atoms with Crippen LogP contribution in [0.3, 0.4) is 0 Å². The van der Waals surface area contributed by atoms with E-state index in [4.69, 9.17) is 4.43 Å². The van der Waals surface area contributed by atoms with Crippen molar-refractivity contribution in [3.8, 4) is 11.1 Å². The smallest absolute Gasteiger partial charge is 0.185 e. The van der Waals surface area contributed by atoms with Crippen LogP contribution < -0.4 is 0 Å². The molecule has 2 heteroatoms. The number of rotatable bonds is 4. The molecule has 136 valence electrons. The lowest BCUT2D eigenvalue weighted by molar-refractivity contribution is -0.00902. The molecule has 1 fully saturated rings. The predicted molar refractivity (Wildman–Crippen MR) is 113 cm³/mol. The first-order valence-corrected chi connectivity index (χ1v) is 13.4. The highest BCUT2D eigenvalue weighted by Crippen LogP contribution is 2.55. The number of hydrogen-bond acceptors (Lipinski definition) is 1. The van der Waals surface area contributed by atoms with Crippen molar-refractivity contribution in [1.82, 2.24) is 0 Å². The number of allylic oxidation sites excluding steroid dienone is 1. The monoisotopic (exact) mass is 362 g/mol. The molecule has 0 heterocycles. The molecule has 1 nitrogen and oxygen atoms in total. The van der Waals surface area contributed by atoms with Crippen molar-refractivity contribution in [2.75, 3.05) is 0 Å². The first-order valence-electron chi connectivity index (χ1n) is 10.0. The summed E-state index contributed by atoms with van der Waals surface area (Å²) in [5.74, 6) is 1.15. The van der Waals surface area contributed by atoms with Gasteiger partial charge in [-0.1, -0.05) is 66.7 Å². The van der Waals surface area contributed by atoms with E-state index < -0.39 is 8.32 Å². The quantitative estimate of drug-likeness (QED) is 0.430. The van der Waals surface area contributed by atoms with Crippen LogP contribution in [0.1, 0.15) is 31.2 Å². The summed E-state index contributed by atoms with van der Waals surface area (Å²) in [6, 6.07) is 19.9. The predicted octanol–water partition coefficient (Wildman–Crippen LogP) is 6.78. The highest BCUT2D eigenvalue weighted by atomic mass is 28.4. The van der Waals surface area contributed by atoms with Gasteiger partial charge in [-0.25, -0.2) is 0 Å². The van der Waals surface area contributed by atoms with Crippen LogP contribution in [-0.2, 0) is 10.0 Å². The lowest BCUT2D eigenvalue weighted by atomic mass is 9.77. The van der Waals surface area contributed by atoms with Crippen molar-refractivity contribution in [1.29, 1.82) is 0 Å². The van der Waals surface area contributed by atoms with E-state index in [-0.39, 0.29) is 5.60 Å². The Morgan fingerprint density at radius 1 is 0.846 bits per heavy atom. The third kappa shape index (κ3) is 3.21. The van der Waals surface area contributed by atoms with E-state index in [1.807, 2.05) is 0 Å². The Bertz CT molecular complexity index is 772. The molecular weight excluding hydrogens is 332 g/mol. The molecule has 3 unspecified atom stereocenters. The zero-order valence-electron chi connectivity index (χ0n) is 16.2. The number of fused-ring (bicyclic) bond motifs is 2. The Kier molecular flexibility index (Phi) is 4.66. The van der Waals surface area contributed by atoms with Crippen molar-refractivity contribution in [2.24, 2.45) is 11.8 Å². The van der Waals surface area contributed by atoms with Gasteiger partial charge in [-0.15, -0.1) is 0 Å². The molecule has 2 aliphatic carbocycles.